The normalized spacial score (nSPS) is 9.81. The molecule has 0 heterocycles. The van der Waals surface area contributed by atoms with Crippen molar-refractivity contribution in [3.8, 4) is 23.6 Å². The summed E-state index contributed by atoms with van der Waals surface area (Å²) >= 11 is 6.05. The van der Waals surface area contributed by atoms with Gasteiger partial charge in [0.15, 0.2) is 18.1 Å². The van der Waals surface area contributed by atoms with Crippen LogP contribution in [0.2, 0.25) is 5.02 Å². The summed E-state index contributed by atoms with van der Waals surface area (Å²) in [5.41, 5.74) is 1.91. The lowest BCUT2D eigenvalue weighted by Gasteiger charge is -2.23. The van der Waals surface area contributed by atoms with Gasteiger partial charge in [0.05, 0.1) is 31.2 Å². The van der Waals surface area contributed by atoms with Crippen LogP contribution >= 0.6 is 11.6 Å². The molecule has 2 aromatic carbocycles. The molecule has 6 nitrogen and oxygen atoms in total. The number of rotatable bonds is 7. The molecule has 0 aromatic heterocycles. The molecule has 0 atom stereocenters. The van der Waals surface area contributed by atoms with E-state index in [1.54, 1.807) is 30.3 Å². The molecule has 0 bridgehead atoms. The molecule has 138 valence electrons. The summed E-state index contributed by atoms with van der Waals surface area (Å²) in [6.07, 6.45) is 0.188. The van der Waals surface area contributed by atoms with Crippen molar-refractivity contribution in [1.82, 2.24) is 0 Å². The highest BCUT2D eigenvalue weighted by Crippen LogP contribution is 2.28. The first-order valence-electron chi connectivity index (χ1n) is 8.14. The molecule has 0 fully saturated rings. The van der Waals surface area contributed by atoms with E-state index in [1.165, 1.54) is 18.1 Å². The van der Waals surface area contributed by atoms with Crippen LogP contribution in [0.15, 0.2) is 36.4 Å². The lowest BCUT2D eigenvalue weighted by atomic mass is 10.2. The highest BCUT2D eigenvalue weighted by Gasteiger charge is 2.18. The maximum atomic E-state index is 12.7. The summed E-state index contributed by atoms with van der Waals surface area (Å²) in [4.78, 5) is 14.2. The smallest absolute Gasteiger partial charge is 0.264 e. The molecule has 0 radical (unpaired) electrons. The lowest BCUT2D eigenvalue weighted by molar-refractivity contribution is -0.120. The number of hydrogen-bond acceptors (Lipinski definition) is 5. The third-order valence-electron chi connectivity index (χ3n) is 3.85. The van der Waals surface area contributed by atoms with Crippen molar-refractivity contribution >= 4 is 23.2 Å². The zero-order chi connectivity index (χ0) is 19.8. The zero-order valence-electron chi connectivity index (χ0n) is 15.0. The number of carbonyl (C=O) groups excluding carboxylic acids is 1. The van der Waals surface area contributed by atoms with Crippen molar-refractivity contribution in [3.63, 3.8) is 0 Å². The summed E-state index contributed by atoms with van der Waals surface area (Å²) in [6.45, 7) is 1.84. The molecular formula is C20H18ClN3O3. The van der Waals surface area contributed by atoms with Crippen molar-refractivity contribution in [3.05, 3.63) is 52.5 Å². The van der Waals surface area contributed by atoms with Crippen LogP contribution in [0.1, 0.15) is 17.5 Å². The number of anilines is 1. The molecule has 2 aromatic rings. The Morgan fingerprint density at radius 3 is 2.59 bits per heavy atom. The Morgan fingerprint density at radius 2 is 1.96 bits per heavy atom. The summed E-state index contributed by atoms with van der Waals surface area (Å²) in [7, 11) is 1.46. The topological polar surface area (TPSA) is 86.3 Å². The number of methoxy groups -OCH3 is 1. The quantitative estimate of drug-likeness (QED) is 0.724. The number of hydrogen-bond donors (Lipinski definition) is 0. The minimum Gasteiger partial charge on any atom is -0.493 e. The summed E-state index contributed by atoms with van der Waals surface area (Å²) in [6, 6.07) is 14.0. The predicted molar refractivity (Wildman–Crippen MR) is 102 cm³/mol. The minimum absolute atomic E-state index is 0.188. The third kappa shape index (κ3) is 5.13. The van der Waals surface area contributed by atoms with E-state index >= 15 is 0 Å². The van der Waals surface area contributed by atoms with Crippen LogP contribution in [0, 0.1) is 29.6 Å². The molecule has 0 aliphatic heterocycles. The van der Waals surface area contributed by atoms with Gasteiger partial charge in [-0.15, -0.1) is 0 Å². The van der Waals surface area contributed by atoms with E-state index in [0.29, 0.717) is 27.8 Å². The number of halogens is 1. The highest BCUT2D eigenvalue weighted by atomic mass is 35.5. The molecule has 2 rings (SSSR count). The van der Waals surface area contributed by atoms with Crippen molar-refractivity contribution in [2.75, 3.05) is 25.2 Å². The molecule has 0 aliphatic rings. The lowest BCUT2D eigenvalue weighted by Crippen LogP contribution is -2.35. The fraction of sp³-hybridized carbons (Fsp3) is 0.250. The molecule has 0 unspecified atom stereocenters. The van der Waals surface area contributed by atoms with Gasteiger partial charge in [-0.25, -0.2) is 0 Å². The number of aryl methyl sites for hydroxylation is 1. The zero-order valence-corrected chi connectivity index (χ0v) is 15.8. The van der Waals surface area contributed by atoms with Gasteiger partial charge in [-0.2, -0.15) is 10.5 Å². The molecule has 0 N–H and O–H groups in total. The van der Waals surface area contributed by atoms with Gasteiger partial charge in [0.2, 0.25) is 0 Å². The van der Waals surface area contributed by atoms with Gasteiger partial charge in [-0.05, 0) is 42.8 Å². The first-order chi connectivity index (χ1) is 13.0. The third-order valence-corrected chi connectivity index (χ3v) is 4.27. The van der Waals surface area contributed by atoms with E-state index in [4.69, 9.17) is 31.6 Å². The Morgan fingerprint density at radius 1 is 1.19 bits per heavy atom. The fourth-order valence-corrected chi connectivity index (χ4v) is 2.55. The number of ether oxygens (including phenoxy) is 2. The summed E-state index contributed by atoms with van der Waals surface area (Å²) < 4.78 is 10.8. The van der Waals surface area contributed by atoms with Gasteiger partial charge < -0.3 is 14.4 Å². The van der Waals surface area contributed by atoms with Crippen LogP contribution in [0.3, 0.4) is 0 Å². The second kappa shape index (κ2) is 9.47. The van der Waals surface area contributed by atoms with Gasteiger partial charge in [-0.1, -0.05) is 11.6 Å². The number of amides is 1. The predicted octanol–water partition coefficient (Wildman–Crippen LogP) is 3.85. The maximum Gasteiger partial charge on any atom is 0.264 e. The maximum absolute atomic E-state index is 12.7. The average molecular weight is 384 g/mol. The van der Waals surface area contributed by atoms with Gasteiger partial charge in [0.25, 0.3) is 5.91 Å². The summed E-state index contributed by atoms with van der Waals surface area (Å²) in [5.74, 6) is 0.420. The second-order valence-corrected chi connectivity index (χ2v) is 6.06. The molecule has 1 amide bonds. The van der Waals surface area contributed by atoms with Gasteiger partial charge in [-0.3, -0.25) is 4.79 Å². The Kier molecular flexibility index (Phi) is 7.05. The van der Waals surface area contributed by atoms with Crippen LogP contribution in [0.5, 0.6) is 11.5 Å². The second-order valence-electron chi connectivity index (χ2n) is 5.65. The molecular weight excluding hydrogens is 366 g/mol. The molecule has 0 saturated heterocycles. The number of carbonyl (C=O) groups is 1. The Bertz CT molecular complexity index is 916. The van der Waals surface area contributed by atoms with Gasteiger partial charge in [0.1, 0.15) is 0 Å². The molecule has 0 saturated carbocycles. The molecule has 7 heteroatoms. The molecule has 0 spiro atoms. The van der Waals surface area contributed by atoms with Crippen LogP contribution in [-0.2, 0) is 4.79 Å². The van der Waals surface area contributed by atoms with Crippen LogP contribution in [0.4, 0.5) is 5.69 Å². The van der Waals surface area contributed by atoms with Gasteiger partial charge >= 0.3 is 0 Å². The van der Waals surface area contributed by atoms with Crippen molar-refractivity contribution in [1.29, 1.82) is 10.5 Å². The SMILES string of the molecule is COc1cc(C#N)ccc1OCC(=O)N(CCC#N)c1ccc(Cl)c(C)c1. The number of nitrogens with zero attached hydrogens (tertiary/aromatic N) is 3. The largest absolute Gasteiger partial charge is 0.493 e. The Hall–Kier alpha value is -3.22. The van der Waals surface area contributed by atoms with Crippen LogP contribution < -0.4 is 14.4 Å². The Balaban J connectivity index is 2.18. The van der Waals surface area contributed by atoms with E-state index in [1.807, 2.05) is 19.1 Å². The van der Waals surface area contributed by atoms with E-state index in [9.17, 15) is 4.79 Å². The van der Waals surface area contributed by atoms with Crippen molar-refractivity contribution in [2.45, 2.75) is 13.3 Å². The standard InChI is InChI=1S/C20H18ClN3O3/c1-14-10-16(5-6-17(14)21)24(9-3-8-22)20(25)13-27-18-7-4-15(12-23)11-19(18)26-2/h4-7,10-11H,3,9,13H2,1-2H3. The molecule has 0 aliphatic carbocycles. The van der Waals surface area contributed by atoms with Crippen LogP contribution in [0.25, 0.3) is 0 Å². The summed E-state index contributed by atoms with van der Waals surface area (Å²) in [5, 5.41) is 18.4. The monoisotopic (exact) mass is 383 g/mol. The first kappa shape index (κ1) is 20.1. The number of benzene rings is 2. The van der Waals surface area contributed by atoms with Crippen LogP contribution in [-0.4, -0.2) is 26.2 Å². The average Bonchev–Trinajstić information content (AvgIpc) is 2.69. The van der Waals surface area contributed by atoms with E-state index < -0.39 is 0 Å². The highest BCUT2D eigenvalue weighted by molar-refractivity contribution is 6.31. The first-order valence-corrected chi connectivity index (χ1v) is 8.52. The molecule has 27 heavy (non-hydrogen) atoms. The minimum atomic E-state index is -0.307. The number of nitriles is 2. The van der Waals surface area contributed by atoms with Crippen molar-refractivity contribution < 1.29 is 14.3 Å². The van der Waals surface area contributed by atoms with Crippen molar-refractivity contribution in [2.24, 2.45) is 0 Å². The Labute approximate surface area is 163 Å². The van der Waals surface area contributed by atoms with E-state index in [2.05, 4.69) is 0 Å². The van der Waals surface area contributed by atoms with Gasteiger partial charge in [0, 0.05) is 23.3 Å². The fourth-order valence-electron chi connectivity index (χ4n) is 2.43. The van der Waals surface area contributed by atoms with E-state index in [-0.39, 0.29) is 25.5 Å². The van der Waals surface area contributed by atoms with E-state index in [0.717, 1.165) is 5.56 Å².